The van der Waals surface area contributed by atoms with Crippen molar-refractivity contribution in [1.82, 2.24) is 0 Å². The van der Waals surface area contributed by atoms with Crippen molar-refractivity contribution in [3.63, 3.8) is 0 Å². The number of nitrogens with zero attached hydrogens (tertiary/aromatic N) is 2. The van der Waals surface area contributed by atoms with Crippen LogP contribution in [0, 0.1) is 40.1 Å². The van der Waals surface area contributed by atoms with Crippen molar-refractivity contribution in [1.29, 1.82) is 10.5 Å². The molecule has 0 spiro atoms. The highest BCUT2D eigenvalue weighted by molar-refractivity contribution is 5.52. The van der Waals surface area contributed by atoms with Crippen LogP contribution in [-0.4, -0.2) is 6.61 Å². The molecular weight excluding hydrogens is 221 g/mol. The summed E-state index contributed by atoms with van der Waals surface area (Å²) in [7, 11) is 0. The Balaban J connectivity index is 3.66. The first-order valence-corrected chi connectivity index (χ1v) is 4.21. The van der Waals surface area contributed by atoms with E-state index < -0.39 is 34.3 Å². The number of benzene rings is 1. The van der Waals surface area contributed by atoms with Crippen molar-refractivity contribution in [2.45, 2.75) is 6.92 Å². The summed E-state index contributed by atoms with van der Waals surface area (Å²) in [5.41, 5.74) is -1.81. The van der Waals surface area contributed by atoms with Crippen molar-refractivity contribution < 1.29 is 17.9 Å². The van der Waals surface area contributed by atoms with E-state index in [4.69, 9.17) is 10.5 Å². The molecule has 0 amide bonds. The molecular formula is C10H5F3N2O. The van der Waals surface area contributed by atoms with Gasteiger partial charge in [0.1, 0.15) is 23.3 Å². The smallest absolute Gasteiger partial charge is 0.205 e. The molecule has 16 heavy (non-hydrogen) atoms. The molecule has 0 radical (unpaired) electrons. The van der Waals surface area contributed by atoms with Gasteiger partial charge in [-0.3, -0.25) is 0 Å². The molecule has 1 aromatic carbocycles. The van der Waals surface area contributed by atoms with Gasteiger partial charge >= 0.3 is 0 Å². The number of rotatable bonds is 2. The number of ether oxygens (including phenoxy) is 1. The van der Waals surface area contributed by atoms with Gasteiger partial charge in [-0.1, -0.05) is 0 Å². The lowest BCUT2D eigenvalue weighted by Crippen LogP contribution is -2.06. The van der Waals surface area contributed by atoms with Crippen LogP contribution < -0.4 is 4.74 Å². The molecule has 6 heteroatoms. The second kappa shape index (κ2) is 4.54. The third-order valence-corrected chi connectivity index (χ3v) is 1.79. The molecule has 0 heterocycles. The van der Waals surface area contributed by atoms with Gasteiger partial charge in [0, 0.05) is 0 Å². The van der Waals surface area contributed by atoms with Gasteiger partial charge in [-0.05, 0) is 6.92 Å². The largest absolute Gasteiger partial charge is 0.488 e. The van der Waals surface area contributed by atoms with Gasteiger partial charge in [0.25, 0.3) is 0 Å². The number of hydrogen-bond acceptors (Lipinski definition) is 3. The van der Waals surface area contributed by atoms with E-state index in [1.807, 2.05) is 0 Å². The molecule has 0 N–H and O–H groups in total. The van der Waals surface area contributed by atoms with Crippen LogP contribution in [0.15, 0.2) is 0 Å². The van der Waals surface area contributed by atoms with Gasteiger partial charge in [0.15, 0.2) is 17.4 Å². The summed E-state index contributed by atoms with van der Waals surface area (Å²) in [4.78, 5) is 0. The lowest BCUT2D eigenvalue weighted by atomic mass is 10.1. The minimum Gasteiger partial charge on any atom is -0.488 e. The minimum absolute atomic E-state index is 0.0932. The quantitative estimate of drug-likeness (QED) is 0.726. The third-order valence-electron chi connectivity index (χ3n) is 1.79. The molecule has 0 bridgehead atoms. The fraction of sp³-hybridized carbons (Fsp3) is 0.200. The number of nitriles is 2. The van der Waals surface area contributed by atoms with E-state index in [9.17, 15) is 13.2 Å². The standard InChI is InChI=1S/C10H5F3N2O/c1-2-16-10-8(12)6(4-15)5(3-14)7(11)9(10)13/h2H2,1H3. The molecule has 0 aliphatic rings. The minimum atomic E-state index is -1.60. The SMILES string of the molecule is CCOc1c(F)c(F)c(C#N)c(C#N)c1F. The predicted molar refractivity (Wildman–Crippen MR) is 46.9 cm³/mol. The second-order valence-corrected chi connectivity index (χ2v) is 2.68. The van der Waals surface area contributed by atoms with Gasteiger partial charge in [0.05, 0.1) is 6.61 Å². The Labute approximate surface area is 89.3 Å². The summed E-state index contributed by atoms with van der Waals surface area (Å²) >= 11 is 0. The first kappa shape index (κ1) is 11.9. The Morgan fingerprint density at radius 2 is 1.50 bits per heavy atom. The van der Waals surface area contributed by atoms with Crippen LogP contribution in [0.5, 0.6) is 5.75 Å². The molecule has 0 aliphatic heterocycles. The average Bonchev–Trinajstić information content (AvgIpc) is 2.29. The van der Waals surface area contributed by atoms with Gasteiger partial charge < -0.3 is 4.74 Å². The lowest BCUT2D eigenvalue weighted by molar-refractivity contribution is 0.294. The van der Waals surface area contributed by atoms with E-state index in [-0.39, 0.29) is 6.61 Å². The van der Waals surface area contributed by atoms with Crippen LogP contribution in [0.2, 0.25) is 0 Å². The first-order chi connectivity index (χ1) is 7.58. The Morgan fingerprint density at radius 1 is 1.00 bits per heavy atom. The molecule has 0 saturated heterocycles. The van der Waals surface area contributed by atoms with E-state index in [2.05, 4.69) is 4.74 Å². The molecule has 1 rings (SSSR count). The van der Waals surface area contributed by atoms with Crippen LogP contribution in [-0.2, 0) is 0 Å². The van der Waals surface area contributed by atoms with Crippen LogP contribution in [0.4, 0.5) is 13.2 Å². The fourth-order valence-corrected chi connectivity index (χ4v) is 1.12. The van der Waals surface area contributed by atoms with E-state index >= 15 is 0 Å². The summed E-state index contributed by atoms with van der Waals surface area (Å²) in [6, 6.07) is 2.53. The average molecular weight is 226 g/mol. The molecule has 82 valence electrons. The van der Waals surface area contributed by atoms with Crippen molar-refractivity contribution in [3.05, 3.63) is 28.6 Å². The molecule has 0 aliphatic carbocycles. The number of halogens is 3. The van der Waals surface area contributed by atoms with E-state index in [1.54, 1.807) is 0 Å². The lowest BCUT2D eigenvalue weighted by Gasteiger charge is -2.08. The van der Waals surface area contributed by atoms with Gasteiger partial charge in [-0.15, -0.1) is 0 Å². The van der Waals surface area contributed by atoms with Crippen LogP contribution in [0.25, 0.3) is 0 Å². The zero-order valence-corrected chi connectivity index (χ0v) is 8.14. The highest BCUT2D eigenvalue weighted by atomic mass is 19.2. The maximum atomic E-state index is 13.4. The monoisotopic (exact) mass is 226 g/mol. The van der Waals surface area contributed by atoms with Crippen LogP contribution >= 0.6 is 0 Å². The predicted octanol–water partition coefficient (Wildman–Crippen LogP) is 2.25. The molecule has 0 fully saturated rings. The van der Waals surface area contributed by atoms with Crippen LogP contribution in [0.3, 0.4) is 0 Å². The van der Waals surface area contributed by atoms with Gasteiger partial charge in [-0.2, -0.15) is 14.9 Å². The normalized spacial score (nSPS) is 9.38. The van der Waals surface area contributed by atoms with Crippen molar-refractivity contribution in [2.75, 3.05) is 6.61 Å². The summed E-state index contributed by atoms with van der Waals surface area (Å²) in [5, 5.41) is 17.0. The molecule has 0 atom stereocenters. The van der Waals surface area contributed by atoms with Crippen LogP contribution in [0.1, 0.15) is 18.1 Å². The summed E-state index contributed by atoms with van der Waals surface area (Å²) in [6.07, 6.45) is 0. The maximum absolute atomic E-state index is 13.4. The summed E-state index contributed by atoms with van der Waals surface area (Å²) in [5.74, 6) is -5.52. The highest BCUT2D eigenvalue weighted by Gasteiger charge is 2.25. The summed E-state index contributed by atoms with van der Waals surface area (Å²) in [6.45, 7) is 1.35. The first-order valence-electron chi connectivity index (χ1n) is 4.21. The fourth-order valence-electron chi connectivity index (χ4n) is 1.12. The molecule has 0 saturated carbocycles. The van der Waals surface area contributed by atoms with E-state index in [1.165, 1.54) is 19.1 Å². The number of hydrogen-bond donors (Lipinski definition) is 0. The van der Waals surface area contributed by atoms with Crippen molar-refractivity contribution >= 4 is 0 Å². The molecule has 0 unspecified atom stereocenters. The Bertz CT molecular complexity index is 515. The summed E-state index contributed by atoms with van der Waals surface area (Å²) < 4.78 is 44.4. The van der Waals surface area contributed by atoms with Crippen molar-refractivity contribution in [2.24, 2.45) is 0 Å². The Kier molecular flexibility index (Phi) is 3.37. The molecule has 0 aromatic heterocycles. The van der Waals surface area contributed by atoms with E-state index in [0.29, 0.717) is 0 Å². The molecule has 3 nitrogen and oxygen atoms in total. The highest BCUT2D eigenvalue weighted by Crippen LogP contribution is 2.30. The zero-order valence-electron chi connectivity index (χ0n) is 8.14. The third kappa shape index (κ3) is 1.66. The topological polar surface area (TPSA) is 56.8 Å². The zero-order chi connectivity index (χ0) is 12.3. The Hall–Kier alpha value is -2.21. The Morgan fingerprint density at radius 3 is 1.94 bits per heavy atom. The maximum Gasteiger partial charge on any atom is 0.205 e. The molecule has 1 aromatic rings. The van der Waals surface area contributed by atoms with E-state index in [0.717, 1.165) is 0 Å². The van der Waals surface area contributed by atoms with Gasteiger partial charge in [-0.25, -0.2) is 8.78 Å². The second-order valence-electron chi connectivity index (χ2n) is 2.68. The van der Waals surface area contributed by atoms with Crippen molar-refractivity contribution in [3.8, 4) is 17.9 Å². The van der Waals surface area contributed by atoms with Gasteiger partial charge in [0.2, 0.25) is 5.82 Å².